The van der Waals surface area contributed by atoms with E-state index in [0.717, 1.165) is 25.0 Å². The first-order valence-electron chi connectivity index (χ1n) is 12.4. The van der Waals surface area contributed by atoms with Gasteiger partial charge < -0.3 is 25.0 Å². The van der Waals surface area contributed by atoms with Crippen LogP contribution in [0.3, 0.4) is 0 Å². The predicted octanol–water partition coefficient (Wildman–Crippen LogP) is 4.16. The van der Waals surface area contributed by atoms with Crippen molar-refractivity contribution in [3.63, 3.8) is 0 Å². The highest BCUT2D eigenvalue weighted by molar-refractivity contribution is 5.95. The Labute approximate surface area is 215 Å². The number of hydrogen-bond acceptors (Lipinski definition) is 7. The van der Waals surface area contributed by atoms with Crippen molar-refractivity contribution < 1.29 is 19.1 Å². The number of ether oxygens (including phenoxy) is 2. The van der Waals surface area contributed by atoms with E-state index in [1.807, 2.05) is 35.2 Å². The maximum atomic E-state index is 12.5. The van der Waals surface area contributed by atoms with Gasteiger partial charge in [0.2, 0.25) is 17.7 Å². The van der Waals surface area contributed by atoms with Crippen molar-refractivity contribution in [2.24, 2.45) is 11.7 Å². The van der Waals surface area contributed by atoms with E-state index in [1.165, 1.54) is 12.3 Å². The van der Waals surface area contributed by atoms with Crippen LogP contribution in [0.25, 0.3) is 0 Å². The van der Waals surface area contributed by atoms with Crippen molar-refractivity contribution in [2.45, 2.75) is 25.3 Å². The zero-order valence-electron chi connectivity index (χ0n) is 20.5. The summed E-state index contributed by atoms with van der Waals surface area (Å²) in [7, 11) is 0. The molecule has 1 aromatic heterocycles. The monoisotopic (exact) mass is 499 g/mol. The van der Waals surface area contributed by atoms with Gasteiger partial charge in [-0.05, 0) is 61.2 Å². The van der Waals surface area contributed by atoms with Crippen LogP contribution in [0.4, 0.5) is 5.95 Å². The number of rotatable bonds is 7. The molecule has 0 spiro atoms. The van der Waals surface area contributed by atoms with Crippen LogP contribution < -0.4 is 20.1 Å². The van der Waals surface area contributed by atoms with E-state index >= 15 is 0 Å². The fourth-order valence-corrected chi connectivity index (χ4v) is 4.92. The molecule has 37 heavy (non-hydrogen) atoms. The molecule has 3 aromatic rings. The number of benzene rings is 2. The average molecular weight is 500 g/mol. The van der Waals surface area contributed by atoms with Gasteiger partial charge in [0, 0.05) is 31.9 Å². The van der Waals surface area contributed by atoms with Gasteiger partial charge in [-0.3, -0.25) is 9.59 Å². The van der Waals surface area contributed by atoms with Crippen LogP contribution in [0.1, 0.15) is 29.6 Å². The Morgan fingerprint density at radius 1 is 0.946 bits per heavy atom. The smallest absolute Gasteiger partial charge is 0.255 e. The number of carbonyl (C=O) groups is 2. The first-order chi connectivity index (χ1) is 18.0. The van der Waals surface area contributed by atoms with E-state index in [4.69, 9.17) is 15.2 Å². The van der Waals surface area contributed by atoms with Gasteiger partial charge in [0.05, 0.1) is 0 Å². The van der Waals surface area contributed by atoms with Gasteiger partial charge >= 0.3 is 0 Å². The molecular formula is C28H29N5O4. The van der Waals surface area contributed by atoms with Gasteiger partial charge in [0.1, 0.15) is 22.8 Å². The number of carbonyl (C=O) groups excluding carboxylic acids is 2. The summed E-state index contributed by atoms with van der Waals surface area (Å²) in [6.07, 6.45) is 5.79. The van der Waals surface area contributed by atoms with Crippen molar-refractivity contribution in [1.29, 1.82) is 0 Å². The molecule has 2 atom stereocenters. The second-order valence-electron chi connectivity index (χ2n) is 9.29. The molecule has 0 unspecified atom stereocenters. The minimum absolute atomic E-state index is 0.0407. The summed E-state index contributed by atoms with van der Waals surface area (Å²) in [5.41, 5.74) is 5.68. The van der Waals surface area contributed by atoms with E-state index in [0.29, 0.717) is 37.1 Å². The molecule has 0 saturated carbocycles. The lowest BCUT2D eigenvalue weighted by atomic mass is 10.00. The summed E-state index contributed by atoms with van der Waals surface area (Å²) >= 11 is 0. The third kappa shape index (κ3) is 5.55. The van der Waals surface area contributed by atoms with Crippen molar-refractivity contribution in [2.75, 3.05) is 24.5 Å². The number of primary amides is 1. The van der Waals surface area contributed by atoms with Crippen LogP contribution in [0, 0.1) is 5.92 Å². The first kappa shape index (κ1) is 24.3. The van der Waals surface area contributed by atoms with E-state index < -0.39 is 5.91 Å². The molecule has 9 heteroatoms. The molecule has 2 bridgehead atoms. The zero-order valence-corrected chi connectivity index (χ0v) is 20.5. The van der Waals surface area contributed by atoms with Gasteiger partial charge in [-0.15, -0.1) is 0 Å². The summed E-state index contributed by atoms with van der Waals surface area (Å²) in [4.78, 5) is 37.6. The summed E-state index contributed by atoms with van der Waals surface area (Å²) < 4.78 is 11.8. The molecule has 2 aromatic carbocycles. The van der Waals surface area contributed by atoms with Gasteiger partial charge in [-0.1, -0.05) is 31.2 Å². The Morgan fingerprint density at radius 2 is 1.65 bits per heavy atom. The van der Waals surface area contributed by atoms with Crippen molar-refractivity contribution in [1.82, 2.24) is 14.9 Å². The molecule has 2 N–H and O–H groups in total. The highest BCUT2D eigenvalue weighted by Gasteiger charge is 2.35. The summed E-state index contributed by atoms with van der Waals surface area (Å²) in [6, 6.07) is 16.5. The topological polar surface area (TPSA) is 111 Å². The second-order valence-corrected chi connectivity index (χ2v) is 9.29. The second kappa shape index (κ2) is 10.7. The van der Waals surface area contributed by atoms with Gasteiger partial charge in [0.25, 0.3) is 5.91 Å². The Morgan fingerprint density at radius 3 is 2.35 bits per heavy atom. The molecule has 2 aliphatic heterocycles. The summed E-state index contributed by atoms with van der Waals surface area (Å²) in [6.45, 7) is 5.65. The third-order valence-corrected chi connectivity index (χ3v) is 6.72. The molecule has 2 aliphatic rings. The number of nitrogens with two attached hydrogens (primary N) is 1. The Kier molecular flexibility index (Phi) is 7.02. The van der Waals surface area contributed by atoms with Crippen LogP contribution in [0.5, 0.6) is 23.1 Å². The number of amides is 2. The summed E-state index contributed by atoms with van der Waals surface area (Å²) in [5, 5.41) is 0. The normalized spacial score (nSPS) is 19.0. The lowest BCUT2D eigenvalue weighted by Gasteiger charge is -2.31. The van der Waals surface area contributed by atoms with E-state index in [9.17, 15) is 9.59 Å². The average Bonchev–Trinajstić information content (AvgIpc) is 3.21. The van der Waals surface area contributed by atoms with Crippen molar-refractivity contribution in [3.8, 4) is 23.1 Å². The minimum atomic E-state index is -0.680. The molecule has 2 fully saturated rings. The molecule has 0 aliphatic carbocycles. The van der Waals surface area contributed by atoms with Crippen LogP contribution in [0.2, 0.25) is 0 Å². The van der Waals surface area contributed by atoms with Crippen LogP contribution >= 0.6 is 0 Å². The SMILES string of the molecule is C=CC(=O)N1C[C@@H]2CCC[C@H]1CN(c1ncc(C(N)=O)c(Oc3ccc(Oc4ccccc4)cc3)n1)C2. The highest BCUT2D eigenvalue weighted by Crippen LogP contribution is 2.31. The van der Waals surface area contributed by atoms with E-state index in [-0.39, 0.29) is 29.3 Å². The number of nitrogens with zero attached hydrogens (tertiary/aromatic N) is 4. The highest BCUT2D eigenvalue weighted by atomic mass is 16.5. The minimum Gasteiger partial charge on any atom is -0.457 e. The number of para-hydroxylation sites is 1. The fourth-order valence-electron chi connectivity index (χ4n) is 4.92. The molecule has 3 heterocycles. The molecule has 9 nitrogen and oxygen atoms in total. The lowest BCUT2D eigenvalue weighted by molar-refractivity contribution is -0.128. The molecule has 2 saturated heterocycles. The Balaban J connectivity index is 1.37. The molecule has 0 radical (unpaired) electrons. The quantitative estimate of drug-likeness (QED) is 0.486. The van der Waals surface area contributed by atoms with Gasteiger partial charge in [-0.25, -0.2) is 4.98 Å². The third-order valence-electron chi connectivity index (χ3n) is 6.72. The largest absolute Gasteiger partial charge is 0.457 e. The molecular weight excluding hydrogens is 470 g/mol. The maximum absolute atomic E-state index is 12.5. The van der Waals surface area contributed by atoms with Crippen LogP contribution in [-0.4, -0.2) is 52.4 Å². The standard InChI is InChI=1S/C28H29N5O4/c1-2-25(34)33-17-19-7-6-8-20(33)18-32(16-19)28-30-15-24(26(29)35)27(31-28)37-23-13-11-22(12-14-23)36-21-9-4-3-5-10-21/h2-5,9-15,19-20H,1,6-8,16-18H2,(H2,29,35)/t19-,20+/m1/s1. The Hall–Kier alpha value is -4.40. The summed E-state index contributed by atoms with van der Waals surface area (Å²) in [5.74, 6) is 1.93. The fraction of sp³-hybridized carbons (Fsp3) is 0.286. The predicted molar refractivity (Wildman–Crippen MR) is 139 cm³/mol. The number of anilines is 1. The number of fused-ring (bicyclic) bond motifs is 3. The number of hydrogen-bond donors (Lipinski definition) is 1. The molecule has 5 rings (SSSR count). The number of aromatic nitrogens is 2. The lowest BCUT2D eigenvalue weighted by Crippen LogP contribution is -2.43. The van der Waals surface area contributed by atoms with Gasteiger partial charge in [-0.2, -0.15) is 4.98 Å². The maximum Gasteiger partial charge on any atom is 0.255 e. The first-order valence-corrected chi connectivity index (χ1v) is 12.4. The van der Waals surface area contributed by atoms with Gasteiger partial charge in [0.15, 0.2) is 0 Å². The van der Waals surface area contributed by atoms with E-state index in [1.54, 1.807) is 24.3 Å². The molecule has 190 valence electrons. The van der Waals surface area contributed by atoms with Crippen LogP contribution in [0.15, 0.2) is 73.4 Å². The zero-order chi connectivity index (χ0) is 25.8. The van der Waals surface area contributed by atoms with Crippen molar-refractivity contribution >= 4 is 17.8 Å². The van der Waals surface area contributed by atoms with Crippen LogP contribution in [-0.2, 0) is 4.79 Å². The van der Waals surface area contributed by atoms with E-state index in [2.05, 4.69) is 21.4 Å². The Bertz CT molecular complexity index is 1280. The van der Waals surface area contributed by atoms with Crippen molar-refractivity contribution in [3.05, 3.63) is 79.0 Å². The molecule has 2 amide bonds.